The molecule has 0 aromatic rings. The molecule has 6 heavy (non-hydrogen) atoms. The molecular weight excluding hydrogens is 266 g/mol. The van der Waals surface area contributed by atoms with E-state index in [9.17, 15) is 0 Å². The summed E-state index contributed by atoms with van der Waals surface area (Å²) in [7, 11) is 0. The quantitative estimate of drug-likeness (QED) is 0.500. The summed E-state index contributed by atoms with van der Waals surface area (Å²) in [5, 5.41) is 14.8. The van der Waals surface area contributed by atoms with Crippen molar-refractivity contribution in [2.24, 2.45) is 0 Å². The fourth-order valence-corrected chi connectivity index (χ4v) is 0. The standard InChI is InChI=1S/NO3.H3N.Os/c2-1(3)4;;/h;1H3;/q-1;;/p+1. The van der Waals surface area contributed by atoms with E-state index in [1.165, 1.54) is 0 Å². The second-order valence-electron chi connectivity index (χ2n) is 0.224. The Morgan fingerprint density at radius 3 is 1.33 bits per heavy atom. The van der Waals surface area contributed by atoms with Gasteiger partial charge in [0.05, 0.1) is 5.09 Å². The first-order valence-corrected chi connectivity index (χ1v) is 0.548. The zero-order valence-electron chi connectivity index (χ0n) is 3.03. The van der Waals surface area contributed by atoms with Gasteiger partial charge in [0.1, 0.15) is 0 Å². The van der Waals surface area contributed by atoms with E-state index in [1.54, 1.807) is 0 Å². The second-order valence-corrected chi connectivity index (χ2v) is 0.224. The van der Waals surface area contributed by atoms with Crippen LogP contribution in [0.4, 0.5) is 0 Å². The van der Waals surface area contributed by atoms with Gasteiger partial charge in [-0.3, -0.25) is 0 Å². The molecule has 0 aromatic carbocycles. The van der Waals surface area contributed by atoms with Crippen LogP contribution in [0.15, 0.2) is 0 Å². The van der Waals surface area contributed by atoms with E-state index in [4.69, 9.17) is 15.3 Å². The third-order valence-electron chi connectivity index (χ3n) is 0. The molecule has 0 aromatic heterocycles. The molecule has 0 saturated heterocycles. The number of hydrogen-bond donors (Lipinski definition) is 1. The molecule has 0 spiro atoms. The van der Waals surface area contributed by atoms with Gasteiger partial charge in [-0.1, -0.05) is 0 Å². The Hall–Kier alpha value is -0.204. The van der Waals surface area contributed by atoms with Crippen molar-refractivity contribution in [2.75, 3.05) is 0 Å². The molecule has 0 aliphatic rings. The third-order valence-corrected chi connectivity index (χ3v) is 0. The van der Waals surface area contributed by atoms with Crippen LogP contribution in [0.3, 0.4) is 0 Å². The Morgan fingerprint density at radius 2 is 1.33 bits per heavy atom. The predicted octanol–water partition coefficient (Wildman–Crippen LogP) is 0.135. The van der Waals surface area contributed by atoms with E-state index in [0.29, 0.717) is 0 Å². The van der Waals surface area contributed by atoms with E-state index in [-0.39, 0.29) is 25.9 Å². The molecule has 0 bridgehead atoms. The summed E-state index contributed by atoms with van der Waals surface area (Å²) in [6.07, 6.45) is 0. The zero-order valence-corrected chi connectivity index (χ0v) is 5.57. The maximum absolute atomic E-state index is 8.25. The van der Waals surface area contributed by atoms with Crippen LogP contribution < -0.4 is 6.15 Å². The molecule has 5 nitrogen and oxygen atoms in total. The molecule has 0 rings (SSSR count). The van der Waals surface area contributed by atoms with Gasteiger partial charge < -0.3 is 21.5 Å². The van der Waals surface area contributed by atoms with Crippen molar-refractivity contribution in [2.45, 2.75) is 0 Å². The summed E-state index contributed by atoms with van der Waals surface area (Å²) in [5.74, 6) is 0. The molecule has 0 amide bonds. The van der Waals surface area contributed by atoms with Crippen LogP contribution in [0.5, 0.6) is 0 Å². The van der Waals surface area contributed by atoms with Crippen LogP contribution in [0.2, 0.25) is 0 Å². The third kappa shape index (κ3) is 716. The Balaban J connectivity index is -0.0000000450. The number of quaternary nitrogens is 1. The van der Waals surface area contributed by atoms with Crippen molar-refractivity contribution in [1.82, 2.24) is 6.15 Å². The molecule has 0 fully saturated rings. The van der Waals surface area contributed by atoms with Gasteiger partial charge in [-0.25, -0.2) is 0 Å². The number of nitrogens with zero attached hydrogens (tertiary/aromatic N) is 1. The maximum Gasteiger partial charge on any atom is 0.0689 e. The Morgan fingerprint density at radius 1 is 1.33 bits per heavy atom. The average Bonchev–Trinajstić information content (AvgIpc) is 0.811. The van der Waals surface area contributed by atoms with Crippen molar-refractivity contribution in [1.29, 1.82) is 0 Å². The minimum absolute atomic E-state index is 0. The van der Waals surface area contributed by atoms with Crippen LogP contribution in [-0.2, 0) is 19.8 Å². The summed E-state index contributed by atoms with van der Waals surface area (Å²) in [6.45, 7) is 0. The molecule has 0 heterocycles. The van der Waals surface area contributed by atoms with E-state index >= 15 is 0 Å². The van der Waals surface area contributed by atoms with Crippen LogP contribution in [-0.4, -0.2) is 5.09 Å². The molecule has 6 heteroatoms. The van der Waals surface area contributed by atoms with E-state index < -0.39 is 5.09 Å². The van der Waals surface area contributed by atoms with Crippen LogP contribution in [0, 0.1) is 15.3 Å². The van der Waals surface area contributed by atoms with Crippen LogP contribution in [0.25, 0.3) is 0 Å². The van der Waals surface area contributed by atoms with Crippen molar-refractivity contribution in [3.63, 3.8) is 0 Å². The smallest absolute Gasteiger partial charge is 0.0689 e. The number of rotatable bonds is 0. The monoisotopic (exact) mass is 272 g/mol. The fourth-order valence-electron chi connectivity index (χ4n) is 0. The first kappa shape index (κ1) is 17.1. The van der Waals surface area contributed by atoms with Gasteiger partial charge in [0.25, 0.3) is 0 Å². The van der Waals surface area contributed by atoms with Gasteiger partial charge >= 0.3 is 0 Å². The SMILES string of the molecule is O=[N+]([O-])[O-].[NH4+].[Os]. The molecule has 0 aliphatic carbocycles. The number of hydrogen-bond acceptors (Lipinski definition) is 3. The molecule has 0 saturated carbocycles. The van der Waals surface area contributed by atoms with Gasteiger partial charge in [0, 0.05) is 19.8 Å². The molecule has 0 unspecified atom stereocenters. The summed E-state index contributed by atoms with van der Waals surface area (Å²) < 4.78 is 0. The van der Waals surface area contributed by atoms with E-state index in [2.05, 4.69) is 0 Å². The first-order chi connectivity index (χ1) is 1.73. The van der Waals surface area contributed by atoms with E-state index in [1.807, 2.05) is 0 Å². The molecular formula is H4N2O3Os. The summed E-state index contributed by atoms with van der Waals surface area (Å²) in [5.41, 5.74) is 0. The predicted molar refractivity (Wildman–Crippen MR) is 16.3 cm³/mol. The second kappa shape index (κ2) is 8.84. The van der Waals surface area contributed by atoms with Crippen LogP contribution >= 0.6 is 0 Å². The van der Waals surface area contributed by atoms with Crippen LogP contribution in [0.1, 0.15) is 0 Å². The van der Waals surface area contributed by atoms with E-state index in [0.717, 1.165) is 0 Å². The van der Waals surface area contributed by atoms with Gasteiger partial charge in [0.2, 0.25) is 0 Å². The topological polar surface area (TPSA) is 103 Å². The van der Waals surface area contributed by atoms with Gasteiger partial charge in [-0.05, 0) is 0 Å². The molecule has 0 radical (unpaired) electrons. The largest absolute Gasteiger partial charge is 0.369 e. The van der Waals surface area contributed by atoms with Crippen molar-refractivity contribution in [3.8, 4) is 0 Å². The Labute approximate surface area is 47.1 Å². The van der Waals surface area contributed by atoms with Crippen molar-refractivity contribution < 1.29 is 24.9 Å². The minimum Gasteiger partial charge on any atom is -0.369 e. The summed E-state index contributed by atoms with van der Waals surface area (Å²) >= 11 is 0. The summed E-state index contributed by atoms with van der Waals surface area (Å²) in [6, 6.07) is 0. The molecule has 4 N–H and O–H groups in total. The van der Waals surface area contributed by atoms with Gasteiger partial charge in [0.15, 0.2) is 0 Å². The Bertz CT molecular complexity index is 31.8. The normalized spacial score (nSPS) is 4.00. The van der Waals surface area contributed by atoms with Gasteiger partial charge in [-0.2, -0.15) is 0 Å². The molecule has 0 aliphatic heterocycles. The fraction of sp³-hybridized carbons (Fsp3) is 0. The first-order valence-electron chi connectivity index (χ1n) is 0.548. The van der Waals surface area contributed by atoms with Gasteiger partial charge in [-0.15, -0.1) is 0 Å². The maximum atomic E-state index is 8.25. The molecule has 40 valence electrons. The minimum atomic E-state index is -1.75. The Kier molecular flexibility index (Phi) is 25.1. The zero-order chi connectivity index (χ0) is 3.58. The summed E-state index contributed by atoms with van der Waals surface area (Å²) in [4.78, 5) is 8.25. The van der Waals surface area contributed by atoms with Crippen molar-refractivity contribution >= 4 is 0 Å². The molecule has 0 atom stereocenters. The average molecular weight is 270 g/mol. The van der Waals surface area contributed by atoms with Crippen molar-refractivity contribution in [3.05, 3.63) is 15.3 Å².